The molecule has 0 saturated heterocycles. The predicted octanol–water partition coefficient (Wildman–Crippen LogP) is 2.97. The highest BCUT2D eigenvalue weighted by Crippen LogP contribution is 2.20. The van der Waals surface area contributed by atoms with Crippen LogP contribution in [0.3, 0.4) is 0 Å². The molecule has 0 aliphatic carbocycles. The van der Waals surface area contributed by atoms with Gasteiger partial charge in [0, 0.05) is 14.8 Å². The number of amides is 1. The van der Waals surface area contributed by atoms with E-state index >= 15 is 0 Å². The molecule has 98 valence electrons. The maximum Gasteiger partial charge on any atom is 0.255 e. The summed E-state index contributed by atoms with van der Waals surface area (Å²) in [7, 11) is 0. The number of hydrazine groups is 1. The minimum atomic E-state index is -0.333. The Morgan fingerprint density at radius 3 is 2.42 bits per heavy atom. The fourth-order valence-electron chi connectivity index (χ4n) is 1.50. The average Bonchev–Trinajstić information content (AvgIpc) is 2.42. The molecular weight excluding hydrogens is 360 g/mol. The number of rotatable bonds is 3. The standard InChI is InChI=1S/C13H11FIN3O/c14-9-3-6-12(11(15)7-9)17-13(19)8-1-4-10(18-16)5-2-8/h1-7,18H,16H2,(H,17,19). The molecule has 0 fully saturated rings. The van der Waals surface area contributed by atoms with Gasteiger partial charge in [-0.1, -0.05) is 0 Å². The summed E-state index contributed by atoms with van der Waals surface area (Å²) >= 11 is 1.97. The van der Waals surface area contributed by atoms with Crippen LogP contribution in [0.25, 0.3) is 0 Å². The second-order valence-electron chi connectivity index (χ2n) is 3.80. The van der Waals surface area contributed by atoms with E-state index in [4.69, 9.17) is 5.84 Å². The lowest BCUT2D eigenvalue weighted by Crippen LogP contribution is -2.13. The molecule has 19 heavy (non-hydrogen) atoms. The van der Waals surface area contributed by atoms with Gasteiger partial charge in [-0.05, 0) is 65.1 Å². The molecule has 2 aromatic carbocycles. The number of anilines is 2. The summed E-state index contributed by atoms with van der Waals surface area (Å²) in [6.45, 7) is 0. The molecular formula is C13H11FIN3O. The van der Waals surface area contributed by atoms with Gasteiger partial charge in [0.05, 0.1) is 5.69 Å². The van der Waals surface area contributed by atoms with E-state index in [2.05, 4.69) is 10.7 Å². The van der Waals surface area contributed by atoms with Crippen molar-refractivity contribution in [3.8, 4) is 0 Å². The number of carbonyl (C=O) groups is 1. The zero-order chi connectivity index (χ0) is 13.8. The SMILES string of the molecule is NNc1ccc(C(=O)Nc2ccc(F)cc2I)cc1. The monoisotopic (exact) mass is 371 g/mol. The van der Waals surface area contributed by atoms with Crippen LogP contribution in [0.2, 0.25) is 0 Å². The molecule has 0 radical (unpaired) electrons. The third kappa shape index (κ3) is 3.42. The molecule has 4 nitrogen and oxygen atoms in total. The van der Waals surface area contributed by atoms with Gasteiger partial charge in [0.2, 0.25) is 0 Å². The Bertz CT molecular complexity index is 601. The lowest BCUT2D eigenvalue weighted by atomic mass is 10.2. The number of nitrogens with two attached hydrogens (primary N) is 1. The molecule has 0 aliphatic rings. The Morgan fingerprint density at radius 1 is 1.16 bits per heavy atom. The van der Waals surface area contributed by atoms with E-state index in [0.717, 1.165) is 0 Å². The average molecular weight is 371 g/mol. The molecule has 2 aromatic rings. The lowest BCUT2D eigenvalue weighted by molar-refractivity contribution is 0.102. The van der Waals surface area contributed by atoms with Crippen molar-refractivity contribution in [3.05, 3.63) is 57.4 Å². The first-order chi connectivity index (χ1) is 9.10. The van der Waals surface area contributed by atoms with Crippen molar-refractivity contribution in [2.75, 3.05) is 10.7 Å². The maximum atomic E-state index is 13.0. The summed E-state index contributed by atoms with van der Waals surface area (Å²) in [5.74, 6) is 4.66. The predicted molar refractivity (Wildman–Crippen MR) is 81.3 cm³/mol. The van der Waals surface area contributed by atoms with Gasteiger partial charge in [0.25, 0.3) is 5.91 Å². The third-order valence-corrected chi connectivity index (χ3v) is 3.39. The number of halogens is 2. The number of carbonyl (C=O) groups excluding carboxylic acids is 1. The van der Waals surface area contributed by atoms with Gasteiger partial charge >= 0.3 is 0 Å². The molecule has 0 aromatic heterocycles. The number of hydrogen-bond donors (Lipinski definition) is 3. The van der Waals surface area contributed by atoms with Crippen LogP contribution in [-0.2, 0) is 0 Å². The highest BCUT2D eigenvalue weighted by atomic mass is 127. The number of benzene rings is 2. The molecule has 0 heterocycles. The van der Waals surface area contributed by atoms with E-state index in [1.54, 1.807) is 24.3 Å². The van der Waals surface area contributed by atoms with Crippen molar-refractivity contribution in [3.63, 3.8) is 0 Å². The summed E-state index contributed by atoms with van der Waals surface area (Å²) < 4.78 is 13.6. The highest BCUT2D eigenvalue weighted by molar-refractivity contribution is 14.1. The van der Waals surface area contributed by atoms with Gasteiger partial charge in [-0.15, -0.1) is 0 Å². The van der Waals surface area contributed by atoms with Crippen LogP contribution >= 0.6 is 22.6 Å². The molecule has 0 saturated carbocycles. The first-order valence-corrected chi connectivity index (χ1v) is 6.51. The fraction of sp³-hybridized carbons (Fsp3) is 0. The zero-order valence-electron chi connectivity index (χ0n) is 9.78. The zero-order valence-corrected chi connectivity index (χ0v) is 11.9. The van der Waals surface area contributed by atoms with Crippen molar-refractivity contribution in [2.45, 2.75) is 0 Å². The van der Waals surface area contributed by atoms with Crippen LogP contribution < -0.4 is 16.6 Å². The van der Waals surface area contributed by atoms with Gasteiger partial charge in [-0.25, -0.2) is 4.39 Å². The smallest absolute Gasteiger partial charge is 0.255 e. The molecule has 1 amide bonds. The van der Waals surface area contributed by atoms with E-state index in [-0.39, 0.29) is 11.7 Å². The van der Waals surface area contributed by atoms with Crippen LogP contribution in [0.4, 0.5) is 15.8 Å². The summed E-state index contributed by atoms with van der Waals surface area (Å²) in [6, 6.07) is 10.9. The molecule has 4 N–H and O–H groups in total. The molecule has 0 aliphatic heterocycles. The topological polar surface area (TPSA) is 67.1 Å². The van der Waals surface area contributed by atoms with Crippen LogP contribution in [0.5, 0.6) is 0 Å². The van der Waals surface area contributed by atoms with Gasteiger partial charge in [0.15, 0.2) is 0 Å². The second-order valence-corrected chi connectivity index (χ2v) is 4.96. The van der Waals surface area contributed by atoms with E-state index in [1.807, 2.05) is 22.6 Å². The minimum absolute atomic E-state index is 0.256. The van der Waals surface area contributed by atoms with Crippen molar-refractivity contribution < 1.29 is 9.18 Å². The van der Waals surface area contributed by atoms with Crippen molar-refractivity contribution in [1.29, 1.82) is 0 Å². The van der Waals surface area contributed by atoms with Crippen molar-refractivity contribution in [2.24, 2.45) is 5.84 Å². The number of hydrogen-bond acceptors (Lipinski definition) is 3. The first-order valence-electron chi connectivity index (χ1n) is 5.43. The summed E-state index contributed by atoms with van der Waals surface area (Å²) in [6.07, 6.45) is 0. The Balaban J connectivity index is 2.15. The fourth-order valence-corrected chi connectivity index (χ4v) is 2.12. The molecule has 0 atom stereocenters. The summed E-state index contributed by atoms with van der Waals surface area (Å²) in [5.41, 5.74) is 4.28. The van der Waals surface area contributed by atoms with E-state index in [9.17, 15) is 9.18 Å². The van der Waals surface area contributed by atoms with Crippen LogP contribution in [-0.4, -0.2) is 5.91 Å². The van der Waals surface area contributed by atoms with E-state index in [0.29, 0.717) is 20.5 Å². The highest BCUT2D eigenvalue weighted by Gasteiger charge is 2.08. The largest absolute Gasteiger partial charge is 0.324 e. The Kier molecular flexibility index (Phi) is 4.33. The van der Waals surface area contributed by atoms with Crippen LogP contribution in [0.1, 0.15) is 10.4 Å². The Hall–Kier alpha value is -1.67. The summed E-state index contributed by atoms with van der Waals surface area (Å²) in [4.78, 5) is 12.0. The van der Waals surface area contributed by atoms with E-state index in [1.165, 1.54) is 18.2 Å². The van der Waals surface area contributed by atoms with Gasteiger partial charge in [-0.2, -0.15) is 0 Å². The summed E-state index contributed by atoms with van der Waals surface area (Å²) in [5, 5.41) is 2.73. The lowest BCUT2D eigenvalue weighted by Gasteiger charge is -2.08. The van der Waals surface area contributed by atoms with Crippen molar-refractivity contribution >= 4 is 39.9 Å². The first kappa shape index (κ1) is 13.8. The van der Waals surface area contributed by atoms with Gasteiger partial charge in [0.1, 0.15) is 5.82 Å². The van der Waals surface area contributed by atoms with Crippen LogP contribution in [0.15, 0.2) is 42.5 Å². The molecule has 6 heteroatoms. The molecule has 0 spiro atoms. The number of nitrogens with one attached hydrogen (secondary N) is 2. The second kappa shape index (κ2) is 5.98. The van der Waals surface area contributed by atoms with Gasteiger partial charge in [-0.3, -0.25) is 10.6 Å². The molecule has 0 unspecified atom stereocenters. The van der Waals surface area contributed by atoms with E-state index < -0.39 is 0 Å². The number of nitrogen functional groups attached to an aromatic ring is 1. The molecule has 2 rings (SSSR count). The van der Waals surface area contributed by atoms with Crippen LogP contribution in [0, 0.1) is 9.39 Å². The maximum absolute atomic E-state index is 13.0. The third-order valence-electron chi connectivity index (χ3n) is 2.49. The van der Waals surface area contributed by atoms with Gasteiger partial charge < -0.3 is 10.7 Å². The minimum Gasteiger partial charge on any atom is -0.324 e. The Morgan fingerprint density at radius 2 is 1.84 bits per heavy atom. The quantitative estimate of drug-likeness (QED) is 0.442. The normalized spacial score (nSPS) is 10.1. The van der Waals surface area contributed by atoms with Crippen molar-refractivity contribution in [1.82, 2.24) is 0 Å². The Labute approximate surface area is 123 Å². The molecule has 0 bridgehead atoms.